The molecule has 100 valence electrons. The molecule has 0 aliphatic heterocycles. The molecule has 3 aromatic rings. The van der Waals surface area contributed by atoms with E-state index in [4.69, 9.17) is 16.3 Å². The van der Waals surface area contributed by atoms with E-state index in [0.717, 1.165) is 16.5 Å². The van der Waals surface area contributed by atoms with Gasteiger partial charge in [-0.1, -0.05) is 48.0 Å². The van der Waals surface area contributed by atoms with Gasteiger partial charge in [0.05, 0.1) is 11.2 Å². The van der Waals surface area contributed by atoms with Crippen LogP contribution in [0.3, 0.4) is 0 Å². The quantitative estimate of drug-likeness (QED) is 0.743. The minimum atomic E-state index is -0.394. The molecule has 0 spiro atoms. The molecule has 0 aliphatic carbocycles. The fraction of sp³-hybridized carbons (Fsp3) is 0.0667. The molecule has 5 heteroatoms. The van der Waals surface area contributed by atoms with Crippen molar-refractivity contribution in [1.82, 2.24) is 9.55 Å². The van der Waals surface area contributed by atoms with Crippen LogP contribution in [0.1, 0.15) is 0 Å². The summed E-state index contributed by atoms with van der Waals surface area (Å²) in [5, 5.41) is 2.48. The van der Waals surface area contributed by atoms with Crippen molar-refractivity contribution in [3.05, 3.63) is 70.4 Å². The van der Waals surface area contributed by atoms with E-state index in [1.807, 2.05) is 42.5 Å². The number of fused-ring (bicyclic) bond motifs is 1. The second kappa shape index (κ2) is 5.35. The van der Waals surface area contributed by atoms with Crippen molar-refractivity contribution in [3.8, 4) is 5.75 Å². The van der Waals surface area contributed by atoms with E-state index < -0.39 is 5.69 Å². The van der Waals surface area contributed by atoms with E-state index in [-0.39, 0.29) is 6.73 Å². The van der Waals surface area contributed by atoms with Crippen LogP contribution in [-0.2, 0) is 6.73 Å². The minimum Gasteiger partial charge on any atom is -0.472 e. The molecule has 20 heavy (non-hydrogen) atoms. The van der Waals surface area contributed by atoms with Crippen LogP contribution in [0, 0.1) is 0 Å². The standard InChI is InChI=1S/C15H11ClN2O2/c16-12-8-17-15(19)18(9-12)10-20-14-7-3-5-11-4-1-2-6-13(11)14/h1-9H,10H2. The Balaban J connectivity index is 1.91. The monoisotopic (exact) mass is 286 g/mol. The average Bonchev–Trinajstić information content (AvgIpc) is 2.48. The van der Waals surface area contributed by atoms with Crippen LogP contribution >= 0.6 is 11.6 Å². The van der Waals surface area contributed by atoms with Crippen LogP contribution in [0.25, 0.3) is 10.8 Å². The summed E-state index contributed by atoms with van der Waals surface area (Å²) in [6, 6.07) is 13.7. The van der Waals surface area contributed by atoms with Gasteiger partial charge in [0.2, 0.25) is 0 Å². The highest BCUT2D eigenvalue weighted by molar-refractivity contribution is 6.30. The molecule has 0 N–H and O–H groups in total. The summed E-state index contributed by atoms with van der Waals surface area (Å²) in [6.45, 7) is 0.0698. The Morgan fingerprint density at radius 2 is 1.95 bits per heavy atom. The Hall–Kier alpha value is -2.33. The summed E-state index contributed by atoms with van der Waals surface area (Å²) in [5.41, 5.74) is -0.394. The van der Waals surface area contributed by atoms with Crippen LogP contribution in [0.4, 0.5) is 0 Å². The lowest BCUT2D eigenvalue weighted by atomic mass is 10.1. The van der Waals surface area contributed by atoms with Gasteiger partial charge in [-0.05, 0) is 11.5 Å². The summed E-state index contributed by atoms with van der Waals surface area (Å²) >= 11 is 5.82. The van der Waals surface area contributed by atoms with Gasteiger partial charge < -0.3 is 4.74 Å². The van der Waals surface area contributed by atoms with Gasteiger partial charge in [-0.2, -0.15) is 4.98 Å². The van der Waals surface area contributed by atoms with Crippen molar-refractivity contribution in [2.45, 2.75) is 6.73 Å². The molecule has 3 rings (SSSR count). The normalized spacial score (nSPS) is 10.7. The Morgan fingerprint density at radius 1 is 1.15 bits per heavy atom. The molecule has 0 bridgehead atoms. The molecule has 0 radical (unpaired) electrons. The molecule has 0 fully saturated rings. The molecule has 0 saturated heterocycles. The third-order valence-corrected chi connectivity index (χ3v) is 3.13. The Labute approximate surface area is 120 Å². The first-order chi connectivity index (χ1) is 9.74. The molecule has 4 nitrogen and oxygen atoms in total. The molecule has 0 atom stereocenters. The maximum Gasteiger partial charge on any atom is 0.350 e. The Kier molecular flexibility index (Phi) is 3.39. The summed E-state index contributed by atoms with van der Waals surface area (Å²) in [6.07, 6.45) is 2.82. The van der Waals surface area contributed by atoms with Gasteiger partial charge in [0.15, 0.2) is 6.73 Å². The maximum absolute atomic E-state index is 11.6. The van der Waals surface area contributed by atoms with Crippen LogP contribution in [0.5, 0.6) is 5.75 Å². The second-order valence-electron chi connectivity index (χ2n) is 4.28. The molecule has 0 saturated carbocycles. The van der Waals surface area contributed by atoms with Crippen molar-refractivity contribution in [1.29, 1.82) is 0 Å². The molecule has 0 aliphatic rings. The third kappa shape index (κ3) is 2.51. The SMILES string of the molecule is O=c1ncc(Cl)cn1COc1cccc2ccccc12. The molecule has 1 heterocycles. The highest BCUT2D eigenvalue weighted by Crippen LogP contribution is 2.25. The summed E-state index contributed by atoms with van der Waals surface area (Å²) < 4.78 is 7.03. The largest absolute Gasteiger partial charge is 0.472 e. The number of benzene rings is 2. The average molecular weight is 287 g/mol. The van der Waals surface area contributed by atoms with Gasteiger partial charge in [-0.3, -0.25) is 4.57 Å². The van der Waals surface area contributed by atoms with Crippen LogP contribution in [-0.4, -0.2) is 9.55 Å². The summed E-state index contributed by atoms with van der Waals surface area (Å²) in [4.78, 5) is 15.2. The van der Waals surface area contributed by atoms with Crippen molar-refractivity contribution in [3.63, 3.8) is 0 Å². The number of aromatic nitrogens is 2. The lowest BCUT2D eigenvalue weighted by Gasteiger charge is -2.10. The first-order valence-corrected chi connectivity index (χ1v) is 6.44. The first kappa shape index (κ1) is 12.7. The fourth-order valence-corrected chi connectivity index (χ4v) is 2.15. The molecule has 0 amide bonds. The van der Waals surface area contributed by atoms with Gasteiger partial charge in [-0.15, -0.1) is 0 Å². The lowest BCUT2D eigenvalue weighted by Crippen LogP contribution is -2.24. The molecule has 1 aromatic heterocycles. The van der Waals surface area contributed by atoms with Crippen molar-refractivity contribution < 1.29 is 4.74 Å². The second-order valence-corrected chi connectivity index (χ2v) is 4.71. The smallest absolute Gasteiger partial charge is 0.350 e. The predicted octanol–water partition coefficient (Wildman–Crippen LogP) is 3.09. The summed E-state index contributed by atoms with van der Waals surface area (Å²) in [7, 11) is 0. The molecule has 0 unspecified atom stereocenters. The van der Waals surface area contributed by atoms with Crippen LogP contribution < -0.4 is 10.4 Å². The fourth-order valence-electron chi connectivity index (χ4n) is 1.98. The first-order valence-electron chi connectivity index (χ1n) is 6.06. The van der Waals surface area contributed by atoms with E-state index in [1.54, 1.807) is 0 Å². The van der Waals surface area contributed by atoms with Gasteiger partial charge in [0, 0.05) is 11.6 Å². The van der Waals surface area contributed by atoms with Crippen LogP contribution in [0.15, 0.2) is 59.7 Å². The van der Waals surface area contributed by atoms with E-state index in [0.29, 0.717) is 5.02 Å². The maximum atomic E-state index is 11.6. The highest BCUT2D eigenvalue weighted by atomic mass is 35.5. The van der Waals surface area contributed by atoms with Gasteiger partial charge >= 0.3 is 5.69 Å². The number of nitrogens with zero attached hydrogens (tertiary/aromatic N) is 2. The van der Waals surface area contributed by atoms with E-state index in [1.165, 1.54) is 17.0 Å². The Bertz CT molecular complexity index is 809. The van der Waals surface area contributed by atoms with Gasteiger partial charge in [-0.25, -0.2) is 4.79 Å². The van der Waals surface area contributed by atoms with Crippen molar-refractivity contribution in [2.24, 2.45) is 0 Å². The predicted molar refractivity (Wildman–Crippen MR) is 78.1 cm³/mol. The van der Waals surface area contributed by atoms with E-state index in [9.17, 15) is 4.79 Å². The molecule has 2 aromatic carbocycles. The molecular formula is C15H11ClN2O2. The zero-order valence-electron chi connectivity index (χ0n) is 10.5. The number of ether oxygens (including phenoxy) is 1. The van der Waals surface area contributed by atoms with Gasteiger partial charge in [0.25, 0.3) is 0 Å². The summed E-state index contributed by atoms with van der Waals surface area (Å²) in [5.74, 6) is 0.718. The number of halogens is 1. The lowest BCUT2D eigenvalue weighted by molar-refractivity contribution is 0.233. The number of hydrogen-bond acceptors (Lipinski definition) is 3. The zero-order valence-corrected chi connectivity index (χ0v) is 11.2. The third-order valence-electron chi connectivity index (χ3n) is 2.93. The topological polar surface area (TPSA) is 44.1 Å². The van der Waals surface area contributed by atoms with E-state index in [2.05, 4.69) is 4.98 Å². The zero-order chi connectivity index (χ0) is 13.9. The Morgan fingerprint density at radius 3 is 2.85 bits per heavy atom. The number of hydrogen-bond donors (Lipinski definition) is 0. The van der Waals surface area contributed by atoms with Gasteiger partial charge in [0.1, 0.15) is 5.75 Å². The van der Waals surface area contributed by atoms with Crippen LogP contribution in [0.2, 0.25) is 5.02 Å². The highest BCUT2D eigenvalue weighted by Gasteiger charge is 2.03. The van der Waals surface area contributed by atoms with E-state index >= 15 is 0 Å². The minimum absolute atomic E-state index is 0.0698. The molecular weight excluding hydrogens is 276 g/mol. The van der Waals surface area contributed by atoms with Crippen molar-refractivity contribution in [2.75, 3.05) is 0 Å². The van der Waals surface area contributed by atoms with Crippen molar-refractivity contribution >= 4 is 22.4 Å². The number of rotatable bonds is 3.